The first-order chi connectivity index (χ1) is 12.1. The molecule has 2 aromatic rings. The number of carbonyl (C=O) groups is 1. The van der Waals surface area contributed by atoms with Crippen molar-refractivity contribution in [3.05, 3.63) is 40.4 Å². The van der Waals surface area contributed by atoms with E-state index >= 15 is 0 Å². The molecule has 1 saturated heterocycles. The summed E-state index contributed by atoms with van der Waals surface area (Å²) in [6, 6.07) is 7.52. The van der Waals surface area contributed by atoms with Gasteiger partial charge in [-0.2, -0.15) is 0 Å². The molecule has 3 rings (SSSR count). The van der Waals surface area contributed by atoms with Crippen molar-refractivity contribution in [1.29, 1.82) is 0 Å². The van der Waals surface area contributed by atoms with E-state index in [-0.39, 0.29) is 5.91 Å². The van der Waals surface area contributed by atoms with E-state index in [1.807, 2.05) is 24.3 Å². The number of likely N-dealkylation sites (N-methyl/N-ethyl adjacent to an activating group) is 1. The van der Waals surface area contributed by atoms with E-state index in [2.05, 4.69) is 27.1 Å². The number of carbonyl (C=O) groups excluding carboxylic acids is 1. The van der Waals surface area contributed by atoms with Crippen LogP contribution in [0.2, 0.25) is 5.02 Å². The van der Waals surface area contributed by atoms with Gasteiger partial charge in [-0.1, -0.05) is 23.7 Å². The number of nitrogens with zero attached hydrogens (tertiary/aromatic N) is 3. The molecule has 0 aliphatic carbocycles. The van der Waals surface area contributed by atoms with Gasteiger partial charge in [-0.3, -0.25) is 4.79 Å². The number of halogens is 1. The van der Waals surface area contributed by atoms with Crippen LogP contribution < -0.4 is 5.32 Å². The highest BCUT2D eigenvalue weighted by molar-refractivity contribution is 7.13. The van der Waals surface area contributed by atoms with Crippen molar-refractivity contribution in [3.8, 4) is 10.6 Å². The number of amides is 1. The summed E-state index contributed by atoms with van der Waals surface area (Å²) >= 11 is 7.47. The Morgan fingerprint density at radius 1 is 1.32 bits per heavy atom. The highest BCUT2D eigenvalue weighted by atomic mass is 35.5. The summed E-state index contributed by atoms with van der Waals surface area (Å²) in [6.07, 6.45) is 0.959. The molecule has 134 valence electrons. The molecule has 7 heteroatoms. The van der Waals surface area contributed by atoms with Crippen molar-refractivity contribution in [3.63, 3.8) is 0 Å². The van der Waals surface area contributed by atoms with Crippen molar-refractivity contribution in [2.45, 2.75) is 6.42 Å². The predicted molar refractivity (Wildman–Crippen MR) is 103 cm³/mol. The Morgan fingerprint density at radius 3 is 2.88 bits per heavy atom. The minimum Gasteiger partial charge on any atom is -0.351 e. The summed E-state index contributed by atoms with van der Waals surface area (Å²) in [5.74, 6) is -0.108. The minimum atomic E-state index is -0.108. The molecule has 0 spiro atoms. The van der Waals surface area contributed by atoms with Crippen LogP contribution in [0.3, 0.4) is 0 Å². The van der Waals surface area contributed by atoms with Crippen LogP contribution in [0.5, 0.6) is 0 Å². The number of rotatable bonds is 6. The average molecular weight is 379 g/mol. The van der Waals surface area contributed by atoms with Crippen molar-refractivity contribution < 1.29 is 4.79 Å². The van der Waals surface area contributed by atoms with E-state index in [4.69, 9.17) is 11.6 Å². The van der Waals surface area contributed by atoms with Crippen LogP contribution in [0.25, 0.3) is 10.6 Å². The van der Waals surface area contributed by atoms with Gasteiger partial charge >= 0.3 is 0 Å². The highest BCUT2D eigenvalue weighted by Gasteiger charge is 2.14. The fraction of sp³-hybridized carbons (Fsp3) is 0.444. The van der Waals surface area contributed by atoms with Gasteiger partial charge in [0.2, 0.25) is 0 Å². The van der Waals surface area contributed by atoms with Crippen LogP contribution in [0.1, 0.15) is 16.9 Å². The summed E-state index contributed by atoms with van der Waals surface area (Å²) in [6.45, 7) is 6.17. The number of thiazole rings is 1. The molecular formula is C18H23ClN4OS. The predicted octanol–water partition coefficient (Wildman–Crippen LogP) is 2.83. The lowest BCUT2D eigenvalue weighted by molar-refractivity contribution is 0.0945. The van der Waals surface area contributed by atoms with E-state index in [1.54, 1.807) is 5.38 Å². The van der Waals surface area contributed by atoms with Gasteiger partial charge in [-0.25, -0.2) is 4.98 Å². The summed E-state index contributed by atoms with van der Waals surface area (Å²) in [7, 11) is 2.16. The van der Waals surface area contributed by atoms with Gasteiger partial charge in [-0.05, 0) is 32.1 Å². The van der Waals surface area contributed by atoms with Crippen molar-refractivity contribution in [1.82, 2.24) is 20.1 Å². The Kier molecular flexibility index (Phi) is 6.42. The monoisotopic (exact) mass is 378 g/mol. The third-order valence-electron chi connectivity index (χ3n) is 4.34. The second-order valence-corrected chi connectivity index (χ2v) is 7.60. The molecule has 0 saturated carbocycles. The molecule has 0 unspecified atom stereocenters. The summed E-state index contributed by atoms with van der Waals surface area (Å²) < 4.78 is 0. The maximum absolute atomic E-state index is 12.2. The first-order valence-electron chi connectivity index (χ1n) is 8.52. The Labute approximate surface area is 157 Å². The molecule has 1 amide bonds. The second-order valence-electron chi connectivity index (χ2n) is 6.30. The zero-order valence-corrected chi connectivity index (χ0v) is 15.9. The van der Waals surface area contributed by atoms with Crippen LogP contribution in [0.15, 0.2) is 29.6 Å². The molecule has 1 aliphatic rings. The largest absolute Gasteiger partial charge is 0.351 e. The number of nitrogens with one attached hydrogen (secondary N) is 1. The lowest BCUT2D eigenvalue weighted by atomic mass is 10.2. The van der Waals surface area contributed by atoms with Crippen molar-refractivity contribution >= 4 is 28.8 Å². The molecule has 1 aromatic heterocycles. The van der Waals surface area contributed by atoms with Crippen LogP contribution in [0, 0.1) is 0 Å². The molecule has 1 aromatic carbocycles. The summed E-state index contributed by atoms with van der Waals surface area (Å²) in [5, 5.41) is 6.24. The van der Waals surface area contributed by atoms with E-state index in [1.165, 1.54) is 11.3 Å². The van der Waals surface area contributed by atoms with E-state index < -0.39 is 0 Å². The first-order valence-corrected chi connectivity index (χ1v) is 9.78. The normalized spacial score (nSPS) is 16.1. The standard InChI is InChI=1S/C18H23ClN4OS/c1-22-8-10-23(11-9-22)7-3-6-20-17(24)16-13-25-18(21-16)14-4-2-5-15(19)12-14/h2,4-5,12-13H,3,6-11H2,1H3,(H,20,24). The topological polar surface area (TPSA) is 48.5 Å². The fourth-order valence-electron chi connectivity index (χ4n) is 2.80. The molecular weight excluding hydrogens is 356 g/mol. The van der Waals surface area contributed by atoms with Crippen LogP contribution in [-0.2, 0) is 0 Å². The lowest BCUT2D eigenvalue weighted by Gasteiger charge is -2.32. The zero-order chi connectivity index (χ0) is 17.6. The Bertz CT molecular complexity index is 713. The summed E-state index contributed by atoms with van der Waals surface area (Å²) in [5.41, 5.74) is 1.41. The van der Waals surface area contributed by atoms with E-state index in [0.717, 1.165) is 49.7 Å². The number of benzene rings is 1. The van der Waals surface area contributed by atoms with E-state index in [0.29, 0.717) is 17.3 Å². The number of hydrogen-bond donors (Lipinski definition) is 1. The number of hydrogen-bond acceptors (Lipinski definition) is 5. The number of piperazine rings is 1. The summed E-state index contributed by atoms with van der Waals surface area (Å²) in [4.78, 5) is 21.5. The highest BCUT2D eigenvalue weighted by Crippen LogP contribution is 2.25. The van der Waals surface area contributed by atoms with Gasteiger partial charge in [0.25, 0.3) is 5.91 Å². The first kappa shape index (κ1) is 18.3. The van der Waals surface area contributed by atoms with E-state index in [9.17, 15) is 4.79 Å². The second kappa shape index (κ2) is 8.76. The van der Waals surface area contributed by atoms with Gasteiger partial charge < -0.3 is 15.1 Å². The van der Waals surface area contributed by atoms with Gasteiger partial charge in [0.15, 0.2) is 0 Å². The molecule has 0 radical (unpaired) electrons. The van der Waals surface area contributed by atoms with Gasteiger partial charge in [0, 0.05) is 48.7 Å². The van der Waals surface area contributed by atoms with Crippen molar-refractivity contribution in [2.75, 3.05) is 46.3 Å². The minimum absolute atomic E-state index is 0.108. The Morgan fingerprint density at radius 2 is 2.12 bits per heavy atom. The maximum atomic E-state index is 12.2. The molecule has 1 aliphatic heterocycles. The van der Waals surface area contributed by atoms with Crippen LogP contribution in [-0.4, -0.2) is 67.0 Å². The average Bonchev–Trinajstić information content (AvgIpc) is 3.10. The van der Waals surface area contributed by atoms with Gasteiger partial charge in [0.1, 0.15) is 10.7 Å². The van der Waals surface area contributed by atoms with Gasteiger partial charge in [0.05, 0.1) is 0 Å². The van der Waals surface area contributed by atoms with Crippen molar-refractivity contribution in [2.24, 2.45) is 0 Å². The number of aromatic nitrogens is 1. The molecule has 5 nitrogen and oxygen atoms in total. The zero-order valence-electron chi connectivity index (χ0n) is 14.4. The SMILES string of the molecule is CN1CCN(CCCNC(=O)c2csc(-c3cccc(Cl)c3)n2)CC1. The molecule has 2 heterocycles. The maximum Gasteiger partial charge on any atom is 0.270 e. The molecule has 0 atom stereocenters. The molecule has 0 bridgehead atoms. The third-order valence-corrected chi connectivity index (χ3v) is 5.47. The quantitative estimate of drug-likeness (QED) is 0.785. The van der Waals surface area contributed by atoms with Gasteiger partial charge in [-0.15, -0.1) is 11.3 Å². The Balaban J connectivity index is 1.44. The molecule has 1 fully saturated rings. The molecule has 1 N–H and O–H groups in total. The fourth-order valence-corrected chi connectivity index (χ4v) is 3.79. The smallest absolute Gasteiger partial charge is 0.270 e. The lowest BCUT2D eigenvalue weighted by Crippen LogP contribution is -2.45. The van der Waals surface area contributed by atoms with Crippen LogP contribution >= 0.6 is 22.9 Å². The molecule has 25 heavy (non-hydrogen) atoms. The Hall–Kier alpha value is -1.47. The van der Waals surface area contributed by atoms with Crippen LogP contribution in [0.4, 0.5) is 0 Å². The third kappa shape index (κ3) is 5.25.